The number of nitrogens with two attached hydrogens (primary N) is 1. The minimum Gasteiger partial charge on any atom is -0.353 e. The van der Waals surface area contributed by atoms with E-state index in [9.17, 15) is 4.79 Å². The smallest absolute Gasteiger partial charge is 0.221 e. The van der Waals surface area contributed by atoms with Gasteiger partial charge in [-0.15, -0.1) is 0 Å². The lowest BCUT2D eigenvalue weighted by molar-refractivity contribution is -0.121. The Hall–Kier alpha value is -0.570. The summed E-state index contributed by atoms with van der Waals surface area (Å²) in [5, 5.41) is 3.06. The predicted octanol–water partition coefficient (Wildman–Crippen LogP) is 1.91. The summed E-state index contributed by atoms with van der Waals surface area (Å²) in [6, 6.07) is 0.309. The number of carbonyl (C=O) groups excluding carboxylic acids is 1. The van der Waals surface area contributed by atoms with Crippen molar-refractivity contribution in [1.29, 1.82) is 0 Å². The average molecular weight is 214 g/mol. The molecule has 3 N–H and O–H groups in total. The topological polar surface area (TPSA) is 55.1 Å². The zero-order valence-corrected chi connectivity index (χ0v) is 10.5. The van der Waals surface area contributed by atoms with Crippen LogP contribution >= 0.6 is 0 Å². The van der Waals surface area contributed by atoms with Crippen molar-refractivity contribution >= 4 is 5.91 Å². The third kappa shape index (κ3) is 8.43. The molecule has 1 amide bonds. The van der Waals surface area contributed by atoms with E-state index in [1.54, 1.807) is 0 Å². The molecular weight excluding hydrogens is 188 g/mol. The number of hydrogen-bond acceptors (Lipinski definition) is 2. The van der Waals surface area contributed by atoms with Gasteiger partial charge in [0.25, 0.3) is 0 Å². The summed E-state index contributed by atoms with van der Waals surface area (Å²) in [4.78, 5) is 11.4. The van der Waals surface area contributed by atoms with E-state index in [-0.39, 0.29) is 5.91 Å². The van der Waals surface area contributed by atoms with Crippen LogP contribution < -0.4 is 11.1 Å². The second-order valence-corrected chi connectivity index (χ2v) is 5.06. The molecule has 90 valence electrons. The Morgan fingerprint density at radius 3 is 1.93 bits per heavy atom. The molecule has 0 aromatic heterocycles. The Kier molecular flexibility index (Phi) is 7.39. The van der Waals surface area contributed by atoms with Crippen molar-refractivity contribution in [2.24, 2.45) is 17.6 Å². The number of nitrogens with one attached hydrogen (secondary N) is 1. The molecule has 15 heavy (non-hydrogen) atoms. The molecule has 0 rings (SSSR count). The van der Waals surface area contributed by atoms with Crippen molar-refractivity contribution in [2.45, 2.75) is 53.0 Å². The second kappa shape index (κ2) is 7.69. The first-order chi connectivity index (χ1) is 6.95. The normalized spacial score (nSPS) is 11.5. The van der Waals surface area contributed by atoms with Crippen molar-refractivity contribution in [3.8, 4) is 0 Å². The summed E-state index contributed by atoms with van der Waals surface area (Å²) in [6.45, 7) is 9.16. The highest BCUT2D eigenvalue weighted by atomic mass is 16.1. The maximum Gasteiger partial charge on any atom is 0.221 e. The monoisotopic (exact) mass is 214 g/mol. The molecule has 0 aromatic rings. The molecule has 0 radical (unpaired) electrons. The lowest BCUT2D eigenvalue weighted by Crippen LogP contribution is -2.37. The van der Waals surface area contributed by atoms with Crippen molar-refractivity contribution in [3.63, 3.8) is 0 Å². The maximum atomic E-state index is 11.4. The van der Waals surface area contributed by atoms with Crippen molar-refractivity contribution in [2.75, 3.05) is 6.54 Å². The third-order valence-corrected chi connectivity index (χ3v) is 2.25. The summed E-state index contributed by atoms with van der Waals surface area (Å²) >= 11 is 0. The number of rotatable bonds is 7. The molecule has 0 aliphatic heterocycles. The molecule has 0 saturated heterocycles. The summed E-state index contributed by atoms with van der Waals surface area (Å²) in [5.74, 6) is 1.32. The van der Waals surface area contributed by atoms with Gasteiger partial charge in [0.15, 0.2) is 0 Å². The molecule has 0 atom stereocenters. The van der Waals surface area contributed by atoms with Gasteiger partial charge >= 0.3 is 0 Å². The van der Waals surface area contributed by atoms with Crippen molar-refractivity contribution < 1.29 is 4.79 Å². The maximum absolute atomic E-state index is 11.4. The Balaban J connectivity index is 4.05. The highest BCUT2D eigenvalue weighted by Gasteiger charge is 2.14. The molecule has 0 aromatic carbocycles. The van der Waals surface area contributed by atoms with E-state index in [2.05, 4.69) is 33.0 Å². The van der Waals surface area contributed by atoms with Crippen LogP contribution in [0.15, 0.2) is 0 Å². The van der Waals surface area contributed by atoms with Crippen LogP contribution in [0.1, 0.15) is 47.0 Å². The molecule has 0 aliphatic rings. The number of hydrogen-bond donors (Lipinski definition) is 2. The Morgan fingerprint density at radius 2 is 1.60 bits per heavy atom. The molecule has 3 nitrogen and oxygen atoms in total. The van der Waals surface area contributed by atoms with E-state index in [1.165, 1.54) is 0 Å². The van der Waals surface area contributed by atoms with Crippen LogP contribution in [0.25, 0.3) is 0 Å². The first kappa shape index (κ1) is 14.4. The summed E-state index contributed by atoms with van der Waals surface area (Å²) in [7, 11) is 0. The molecule has 0 bridgehead atoms. The molecule has 3 heteroatoms. The Bertz CT molecular complexity index is 168. The van der Waals surface area contributed by atoms with Crippen LogP contribution in [-0.4, -0.2) is 18.5 Å². The zero-order chi connectivity index (χ0) is 11.8. The van der Waals surface area contributed by atoms with Gasteiger partial charge in [0, 0.05) is 19.0 Å². The fourth-order valence-corrected chi connectivity index (χ4v) is 1.78. The number of carbonyl (C=O) groups is 1. The van der Waals surface area contributed by atoms with Gasteiger partial charge in [-0.05, 0) is 24.7 Å². The Labute approximate surface area is 93.8 Å². The van der Waals surface area contributed by atoms with Gasteiger partial charge in [-0.2, -0.15) is 0 Å². The van der Waals surface area contributed by atoms with Gasteiger partial charge in [0.1, 0.15) is 0 Å². The molecule has 0 aliphatic carbocycles. The SMILES string of the molecule is CC(C)CC(CC(C)C)NC(=O)CCN. The average Bonchev–Trinajstić information content (AvgIpc) is 2.00. The van der Waals surface area contributed by atoms with Crippen molar-refractivity contribution in [1.82, 2.24) is 5.32 Å². The molecule has 0 saturated carbocycles. The summed E-state index contributed by atoms with van der Waals surface area (Å²) < 4.78 is 0. The van der Waals surface area contributed by atoms with Crippen LogP contribution in [0.3, 0.4) is 0 Å². The highest BCUT2D eigenvalue weighted by molar-refractivity contribution is 5.76. The van der Waals surface area contributed by atoms with E-state index in [4.69, 9.17) is 5.73 Å². The number of amides is 1. The third-order valence-electron chi connectivity index (χ3n) is 2.25. The summed E-state index contributed by atoms with van der Waals surface area (Å²) in [6.07, 6.45) is 2.54. The van der Waals surface area contributed by atoms with Gasteiger partial charge in [-0.25, -0.2) is 0 Å². The zero-order valence-electron chi connectivity index (χ0n) is 10.5. The van der Waals surface area contributed by atoms with E-state index >= 15 is 0 Å². The van der Waals surface area contributed by atoms with Crippen molar-refractivity contribution in [3.05, 3.63) is 0 Å². The van der Waals surface area contributed by atoms with Crippen LogP contribution in [0.2, 0.25) is 0 Å². The van der Waals surface area contributed by atoms with Crippen LogP contribution in [0.4, 0.5) is 0 Å². The summed E-state index contributed by atoms with van der Waals surface area (Å²) in [5.41, 5.74) is 5.35. The largest absolute Gasteiger partial charge is 0.353 e. The minimum atomic E-state index is 0.0869. The van der Waals surface area contributed by atoms with E-state index in [1.807, 2.05) is 0 Å². The van der Waals surface area contributed by atoms with E-state index in [0.29, 0.717) is 30.8 Å². The molecule has 0 spiro atoms. The Morgan fingerprint density at radius 1 is 1.13 bits per heavy atom. The molecule has 0 unspecified atom stereocenters. The van der Waals surface area contributed by atoms with Crippen LogP contribution in [-0.2, 0) is 4.79 Å². The van der Waals surface area contributed by atoms with Gasteiger partial charge < -0.3 is 11.1 Å². The molecule has 0 heterocycles. The fraction of sp³-hybridized carbons (Fsp3) is 0.917. The van der Waals surface area contributed by atoms with Crippen LogP contribution in [0.5, 0.6) is 0 Å². The minimum absolute atomic E-state index is 0.0869. The van der Waals surface area contributed by atoms with Gasteiger partial charge in [-0.1, -0.05) is 27.7 Å². The van der Waals surface area contributed by atoms with Crippen LogP contribution in [0, 0.1) is 11.8 Å². The van der Waals surface area contributed by atoms with Gasteiger partial charge in [0.05, 0.1) is 0 Å². The van der Waals surface area contributed by atoms with Gasteiger partial charge in [-0.3, -0.25) is 4.79 Å². The fourth-order valence-electron chi connectivity index (χ4n) is 1.78. The lowest BCUT2D eigenvalue weighted by atomic mass is 9.95. The molecular formula is C12H26N2O. The van der Waals surface area contributed by atoms with Gasteiger partial charge in [0.2, 0.25) is 5.91 Å². The standard InChI is InChI=1S/C12H26N2O/c1-9(2)7-11(8-10(3)4)14-12(15)5-6-13/h9-11H,5-8,13H2,1-4H3,(H,14,15). The second-order valence-electron chi connectivity index (χ2n) is 5.06. The first-order valence-electron chi connectivity index (χ1n) is 5.95. The van der Waals surface area contributed by atoms with E-state index < -0.39 is 0 Å². The predicted molar refractivity (Wildman–Crippen MR) is 64.5 cm³/mol. The highest BCUT2D eigenvalue weighted by Crippen LogP contribution is 2.13. The molecule has 0 fully saturated rings. The quantitative estimate of drug-likeness (QED) is 0.680. The first-order valence-corrected chi connectivity index (χ1v) is 5.95. The lowest BCUT2D eigenvalue weighted by Gasteiger charge is -2.22. The van der Waals surface area contributed by atoms with E-state index in [0.717, 1.165) is 12.8 Å².